The number of phosphoric acid groups is 1. The highest BCUT2D eigenvalue weighted by atomic mass is 32.1. The van der Waals surface area contributed by atoms with Crippen LogP contribution < -0.4 is 16.1 Å². The Kier molecular flexibility index (Phi) is 7.30. The average Bonchev–Trinajstić information content (AvgIpc) is 3.31. The maximum absolute atomic E-state index is 14.8. The zero-order valence-corrected chi connectivity index (χ0v) is 20.8. The number of carbonyl (C=O) groups excluding carboxylic acids is 1. The fraction of sp³-hybridized carbons (Fsp3) is 0.211. The largest absolute Gasteiger partial charge is 0.471 e. The normalized spacial score (nSPS) is 13.0. The lowest BCUT2D eigenvalue weighted by atomic mass is 10.1. The van der Waals surface area contributed by atoms with Gasteiger partial charge in [-0.15, -0.1) is 11.3 Å². The molecule has 3 heterocycles. The van der Waals surface area contributed by atoms with E-state index < -0.39 is 77.6 Å². The van der Waals surface area contributed by atoms with E-state index in [-0.39, 0.29) is 16.7 Å². The van der Waals surface area contributed by atoms with Crippen molar-refractivity contribution in [1.82, 2.24) is 24.3 Å². The number of alkyl halides is 3. The van der Waals surface area contributed by atoms with Gasteiger partial charge in [-0.25, -0.2) is 18.1 Å². The van der Waals surface area contributed by atoms with E-state index in [1.807, 2.05) is 4.98 Å². The minimum atomic E-state index is -5.41. The van der Waals surface area contributed by atoms with Gasteiger partial charge in [-0.2, -0.15) is 23.3 Å². The van der Waals surface area contributed by atoms with Gasteiger partial charge in [0.15, 0.2) is 10.4 Å². The van der Waals surface area contributed by atoms with Crippen LogP contribution in [-0.2, 0) is 40.3 Å². The Morgan fingerprint density at radius 1 is 1.23 bits per heavy atom. The molecular weight excluding hydrogens is 582 g/mol. The zero-order chi connectivity index (χ0) is 28.9. The standard InChI is InChI=1S/C19H14F5N6O7PS/c1-29-9(12-15(28-29)26-17(33)27-16(12)32)4-11(31)25-18-30(6-37-38(34,35)36)10(5-39-18)7-2-3-8(20)13(14(7)21)19(22,23)24/h2-3,5H,4,6H2,1H3,(H2,34,35,36)(H2,26,27,28,32,33). The average molecular weight is 596 g/mol. The van der Waals surface area contributed by atoms with Gasteiger partial charge in [-0.1, -0.05) is 0 Å². The predicted molar refractivity (Wildman–Crippen MR) is 122 cm³/mol. The van der Waals surface area contributed by atoms with E-state index >= 15 is 0 Å². The molecule has 39 heavy (non-hydrogen) atoms. The summed E-state index contributed by atoms with van der Waals surface area (Å²) in [5.41, 5.74) is -5.28. The topological polar surface area (TPSA) is 185 Å². The smallest absolute Gasteiger partial charge is 0.303 e. The van der Waals surface area contributed by atoms with Crippen molar-refractivity contribution in [2.75, 3.05) is 0 Å². The van der Waals surface area contributed by atoms with Gasteiger partial charge in [0, 0.05) is 18.0 Å². The fourth-order valence-corrected chi connectivity index (χ4v) is 4.75. The Hall–Kier alpha value is -3.77. The van der Waals surface area contributed by atoms with E-state index in [0.29, 0.717) is 28.0 Å². The summed E-state index contributed by atoms with van der Waals surface area (Å²) in [5, 5.41) is 4.82. The number of fused-ring (bicyclic) bond motifs is 1. The summed E-state index contributed by atoms with van der Waals surface area (Å²) in [5.74, 6) is -4.88. The van der Waals surface area contributed by atoms with Gasteiger partial charge in [-0.05, 0) is 12.1 Å². The number of hydrogen-bond acceptors (Lipinski definition) is 7. The number of benzene rings is 1. The van der Waals surface area contributed by atoms with E-state index in [0.717, 1.165) is 10.1 Å². The number of H-pyrrole nitrogens is 2. The van der Waals surface area contributed by atoms with Crippen molar-refractivity contribution >= 4 is 36.1 Å². The SMILES string of the molecule is Cn1nc2[nH]c(=O)[nH]c(=O)c2c1CC(=O)N=c1scc(-c2ccc(F)c(C(F)(F)F)c2F)n1COP(=O)(O)O. The molecule has 4 aromatic rings. The van der Waals surface area contributed by atoms with Crippen LogP contribution in [0.3, 0.4) is 0 Å². The van der Waals surface area contributed by atoms with Crippen molar-refractivity contribution < 1.29 is 45.6 Å². The highest BCUT2D eigenvalue weighted by Crippen LogP contribution is 2.39. The molecule has 0 bridgehead atoms. The molecule has 0 aliphatic rings. The number of aromatic amines is 2. The van der Waals surface area contributed by atoms with Gasteiger partial charge in [0.25, 0.3) is 11.5 Å². The van der Waals surface area contributed by atoms with Crippen molar-refractivity contribution in [3.63, 3.8) is 0 Å². The summed E-state index contributed by atoms with van der Waals surface area (Å²) < 4.78 is 85.8. The Morgan fingerprint density at radius 3 is 2.56 bits per heavy atom. The molecule has 3 aromatic heterocycles. The highest BCUT2D eigenvalue weighted by molar-refractivity contribution is 7.46. The van der Waals surface area contributed by atoms with Gasteiger partial charge >= 0.3 is 19.7 Å². The first-order valence-corrected chi connectivity index (χ1v) is 12.7. The number of aromatic nitrogens is 5. The second-order valence-corrected chi connectivity index (χ2v) is 9.82. The third-order valence-electron chi connectivity index (χ3n) is 5.19. The Morgan fingerprint density at radius 2 is 1.92 bits per heavy atom. The number of hydrogen-bond donors (Lipinski definition) is 4. The molecule has 0 radical (unpaired) electrons. The van der Waals surface area contributed by atoms with Gasteiger partial charge in [0.05, 0.1) is 17.8 Å². The number of aryl methyl sites for hydroxylation is 1. The van der Waals surface area contributed by atoms with E-state index in [1.54, 1.807) is 0 Å². The molecule has 0 saturated carbocycles. The van der Waals surface area contributed by atoms with Crippen LogP contribution in [0.5, 0.6) is 0 Å². The van der Waals surface area contributed by atoms with Crippen molar-refractivity contribution in [2.45, 2.75) is 19.3 Å². The minimum absolute atomic E-state index is 0.0189. The van der Waals surface area contributed by atoms with Crippen molar-refractivity contribution in [3.8, 4) is 11.3 Å². The molecule has 0 fully saturated rings. The lowest BCUT2D eigenvalue weighted by Gasteiger charge is -2.14. The minimum Gasteiger partial charge on any atom is -0.303 e. The molecular formula is C19H14F5N6O7PS. The van der Waals surface area contributed by atoms with E-state index in [1.165, 1.54) is 7.05 Å². The lowest BCUT2D eigenvalue weighted by Crippen LogP contribution is -2.23. The first-order chi connectivity index (χ1) is 18.1. The number of nitrogens with one attached hydrogen (secondary N) is 2. The third-order valence-corrected chi connectivity index (χ3v) is 6.51. The van der Waals surface area contributed by atoms with Crippen LogP contribution in [0.4, 0.5) is 22.0 Å². The molecule has 1 aromatic carbocycles. The molecule has 20 heteroatoms. The van der Waals surface area contributed by atoms with Crippen LogP contribution in [0.1, 0.15) is 11.3 Å². The van der Waals surface area contributed by atoms with Crippen molar-refractivity contribution in [1.29, 1.82) is 0 Å². The van der Waals surface area contributed by atoms with Crippen molar-refractivity contribution in [3.05, 3.63) is 66.0 Å². The molecule has 13 nitrogen and oxygen atoms in total. The fourth-order valence-electron chi connectivity index (χ4n) is 3.58. The van der Waals surface area contributed by atoms with Crippen LogP contribution in [0, 0.1) is 11.6 Å². The number of thiazole rings is 1. The Balaban J connectivity index is 1.82. The quantitative estimate of drug-likeness (QED) is 0.191. The molecule has 0 aliphatic heterocycles. The molecule has 0 saturated heterocycles. The summed E-state index contributed by atoms with van der Waals surface area (Å²) in [4.78, 5) is 62.3. The van der Waals surface area contributed by atoms with E-state index in [2.05, 4.69) is 19.6 Å². The molecule has 4 rings (SSSR count). The van der Waals surface area contributed by atoms with E-state index in [4.69, 9.17) is 9.79 Å². The van der Waals surface area contributed by atoms with Crippen LogP contribution in [0.15, 0.2) is 32.1 Å². The van der Waals surface area contributed by atoms with Crippen LogP contribution in [-0.4, -0.2) is 40.0 Å². The first kappa shape index (κ1) is 28.2. The molecule has 0 spiro atoms. The summed E-state index contributed by atoms with van der Waals surface area (Å²) >= 11 is 0.565. The van der Waals surface area contributed by atoms with Gasteiger partial charge in [0.1, 0.15) is 29.3 Å². The first-order valence-electron chi connectivity index (χ1n) is 10.3. The number of halogens is 5. The number of phosphoric ester groups is 1. The lowest BCUT2D eigenvalue weighted by molar-refractivity contribution is -0.142. The second-order valence-electron chi connectivity index (χ2n) is 7.75. The molecule has 0 aliphatic carbocycles. The number of nitrogens with zero attached hydrogens (tertiary/aromatic N) is 4. The summed E-state index contributed by atoms with van der Waals surface area (Å²) in [6, 6.07) is 1.01. The van der Waals surface area contributed by atoms with Crippen LogP contribution in [0.25, 0.3) is 22.3 Å². The summed E-state index contributed by atoms with van der Waals surface area (Å²) in [6.07, 6.45) is -6.00. The number of carbonyl (C=O) groups is 1. The molecule has 208 valence electrons. The maximum atomic E-state index is 14.8. The highest BCUT2D eigenvalue weighted by Gasteiger charge is 2.39. The molecule has 4 N–H and O–H groups in total. The Labute approximate surface area is 215 Å². The number of amides is 1. The second kappa shape index (κ2) is 10.1. The van der Waals surface area contributed by atoms with Crippen LogP contribution >= 0.6 is 19.2 Å². The van der Waals surface area contributed by atoms with Gasteiger partial charge < -0.3 is 9.79 Å². The summed E-state index contributed by atoms with van der Waals surface area (Å²) in [7, 11) is -3.81. The predicted octanol–water partition coefficient (Wildman–Crippen LogP) is 1.51. The van der Waals surface area contributed by atoms with Gasteiger partial charge in [-0.3, -0.25) is 33.3 Å². The van der Waals surface area contributed by atoms with Gasteiger partial charge in [0.2, 0.25) is 0 Å². The van der Waals surface area contributed by atoms with Crippen molar-refractivity contribution in [2.24, 2.45) is 12.0 Å². The third kappa shape index (κ3) is 5.81. The van der Waals surface area contributed by atoms with Crippen LogP contribution in [0.2, 0.25) is 0 Å². The summed E-state index contributed by atoms with van der Waals surface area (Å²) in [6.45, 7) is -1.09. The Bertz CT molecular complexity index is 1850. The molecule has 1 amide bonds. The number of rotatable bonds is 6. The molecule has 0 atom stereocenters. The van der Waals surface area contributed by atoms with E-state index in [9.17, 15) is 40.9 Å². The zero-order valence-electron chi connectivity index (χ0n) is 19.1. The molecule has 0 unspecified atom stereocenters. The maximum Gasteiger partial charge on any atom is 0.471 e. The monoisotopic (exact) mass is 596 g/mol.